The molecule has 0 saturated heterocycles. The lowest BCUT2D eigenvalue weighted by atomic mass is 10.0. The summed E-state index contributed by atoms with van der Waals surface area (Å²) in [6, 6.07) is 6.61. The van der Waals surface area contributed by atoms with Gasteiger partial charge in [0.2, 0.25) is 11.8 Å². The number of benzene rings is 1. The molecule has 6 nitrogen and oxygen atoms in total. The van der Waals surface area contributed by atoms with Crippen molar-refractivity contribution in [2.45, 2.75) is 38.8 Å². The zero-order chi connectivity index (χ0) is 17.7. The minimum absolute atomic E-state index is 0.231. The molecule has 0 aliphatic carbocycles. The number of carbonyl (C=O) groups excluding carboxylic acids is 2. The van der Waals surface area contributed by atoms with Crippen molar-refractivity contribution in [2.75, 3.05) is 7.05 Å². The Labute approximate surface area is 142 Å². The maximum absolute atomic E-state index is 12.3. The van der Waals surface area contributed by atoms with Gasteiger partial charge in [0.1, 0.15) is 6.04 Å². The fourth-order valence-electron chi connectivity index (χ4n) is 2.80. The molecule has 0 radical (unpaired) electrons. The highest BCUT2D eigenvalue weighted by atomic mass is 16.2. The van der Waals surface area contributed by atoms with Crippen LogP contribution in [0.2, 0.25) is 0 Å². The largest absolute Gasteiger partial charge is 0.361 e. The van der Waals surface area contributed by atoms with E-state index in [1.165, 1.54) is 0 Å². The number of nitrogens with two attached hydrogens (primary N) is 1. The summed E-state index contributed by atoms with van der Waals surface area (Å²) in [5.74, 6) is -0.208. The average molecular weight is 330 g/mol. The first kappa shape index (κ1) is 18.0. The van der Waals surface area contributed by atoms with Crippen LogP contribution in [0.4, 0.5) is 0 Å². The zero-order valence-corrected chi connectivity index (χ0v) is 14.4. The highest BCUT2D eigenvalue weighted by Crippen LogP contribution is 2.19. The topological polar surface area (TPSA) is 100 Å². The summed E-state index contributed by atoms with van der Waals surface area (Å²) in [7, 11) is 1.56. The molecule has 130 valence electrons. The highest BCUT2D eigenvalue weighted by molar-refractivity contribution is 5.91. The van der Waals surface area contributed by atoms with Crippen molar-refractivity contribution in [3.63, 3.8) is 0 Å². The molecule has 2 rings (SSSR count). The molecule has 1 aromatic heterocycles. The minimum atomic E-state index is -0.653. The van der Waals surface area contributed by atoms with E-state index < -0.39 is 12.1 Å². The van der Waals surface area contributed by atoms with Crippen molar-refractivity contribution in [2.24, 2.45) is 11.7 Å². The van der Waals surface area contributed by atoms with E-state index in [2.05, 4.69) is 15.6 Å². The van der Waals surface area contributed by atoms with Crippen molar-refractivity contribution in [3.05, 3.63) is 36.0 Å². The third-order valence-corrected chi connectivity index (χ3v) is 4.04. The second-order valence-electron chi connectivity index (χ2n) is 6.48. The number of hydrogen-bond donors (Lipinski definition) is 4. The average Bonchev–Trinajstić information content (AvgIpc) is 2.96. The lowest BCUT2D eigenvalue weighted by molar-refractivity contribution is -0.129. The molecular formula is C18H26N4O2. The number of fused-ring (bicyclic) bond motifs is 1. The lowest BCUT2D eigenvalue weighted by Crippen LogP contribution is -2.52. The number of para-hydroxylation sites is 1. The van der Waals surface area contributed by atoms with Crippen molar-refractivity contribution >= 4 is 22.7 Å². The molecule has 0 unspecified atom stereocenters. The summed E-state index contributed by atoms with van der Waals surface area (Å²) in [6.45, 7) is 4.02. The van der Waals surface area contributed by atoms with E-state index >= 15 is 0 Å². The molecule has 1 heterocycles. The van der Waals surface area contributed by atoms with Crippen molar-refractivity contribution in [3.8, 4) is 0 Å². The highest BCUT2D eigenvalue weighted by Gasteiger charge is 2.24. The standard InChI is InChI=1S/C18H26N4O2/c1-11(2)8-14(19)17(23)22-16(18(24)20-3)9-12-10-21-15-7-5-4-6-13(12)15/h4-7,10-11,14,16,21H,8-9,19H2,1-3H3,(H,20,24)(H,22,23)/t14-,16-/m0/s1. The van der Waals surface area contributed by atoms with Crippen LogP contribution in [0.15, 0.2) is 30.5 Å². The molecular weight excluding hydrogens is 304 g/mol. The Hall–Kier alpha value is -2.34. The number of likely N-dealkylation sites (N-methyl/N-ethyl adjacent to an activating group) is 1. The number of amides is 2. The number of hydrogen-bond acceptors (Lipinski definition) is 3. The van der Waals surface area contributed by atoms with Gasteiger partial charge in [-0.05, 0) is 24.0 Å². The quantitative estimate of drug-likeness (QED) is 0.616. The molecule has 2 atom stereocenters. The maximum Gasteiger partial charge on any atom is 0.242 e. The van der Waals surface area contributed by atoms with E-state index in [0.29, 0.717) is 18.8 Å². The van der Waals surface area contributed by atoms with E-state index in [4.69, 9.17) is 5.73 Å². The number of nitrogens with one attached hydrogen (secondary N) is 3. The molecule has 0 aliphatic rings. The first-order chi connectivity index (χ1) is 11.4. The summed E-state index contributed by atoms with van der Waals surface area (Å²) in [5.41, 5.74) is 7.91. The summed E-state index contributed by atoms with van der Waals surface area (Å²) in [6.07, 6.45) is 2.87. The predicted octanol–water partition coefficient (Wildman–Crippen LogP) is 1.31. The van der Waals surface area contributed by atoms with Gasteiger partial charge < -0.3 is 21.4 Å². The van der Waals surface area contributed by atoms with Gasteiger partial charge in [-0.25, -0.2) is 0 Å². The van der Waals surface area contributed by atoms with Gasteiger partial charge in [0, 0.05) is 30.6 Å². The first-order valence-electron chi connectivity index (χ1n) is 8.25. The molecule has 2 amide bonds. The molecule has 1 aromatic carbocycles. The van der Waals surface area contributed by atoms with Crippen LogP contribution >= 0.6 is 0 Å². The Morgan fingerprint density at radius 3 is 2.58 bits per heavy atom. The van der Waals surface area contributed by atoms with Crippen molar-refractivity contribution < 1.29 is 9.59 Å². The second kappa shape index (κ2) is 7.97. The van der Waals surface area contributed by atoms with Gasteiger partial charge in [-0.1, -0.05) is 32.0 Å². The monoisotopic (exact) mass is 330 g/mol. The molecule has 5 N–H and O–H groups in total. The third kappa shape index (κ3) is 4.35. The summed E-state index contributed by atoms with van der Waals surface area (Å²) in [5, 5.41) is 6.44. The predicted molar refractivity (Wildman–Crippen MR) is 95.4 cm³/mol. The van der Waals surface area contributed by atoms with Crippen LogP contribution < -0.4 is 16.4 Å². The van der Waals surface area contributed by atoms with Crippen LogP contribution in [0.3, 0.4) is 0 Å². The van der Waals surface area contributed by atoms with Crippen LogP contribution in [0.1, 0.15) is 25.8 Å². The number of aromatic amines is 1. The Kier molecular flexibility index (Phi) is 5.98. The molecule has 6 heteroatoms. The molecule has 0 fully saturated rings. The Morgan fingerprint density at radius 2 is 1.92 bits per heavy atom. The van der Waals surface area contributed by atoms with Gasteiger partial charge in [0.25, 0.3) is 0 Å². The molecule has 0 bridgehead atoms. The van der Waals surface area contributed by atoms with Gasteiger partial charge in [0.05, 0.1) is 6.04 Å². The molecule has 24 heavy (non-hydrogen) atoms. The van der Waals surface area contributed by atoms with E-state index in [1.54, 1.807) is 7.05 Å². The number of carbonyl (C=O) groups is 2. The second-order valence-corrected chi connectivity index (χ2v) is 6.48. The van der Waals surface area contributed by atoms with Crippen LogP contribution in [0.5, 0.6) is 0 Å². The summed E-state index contributed by atoms with van der Waals surface area (Å²) >= 11 is 0. The number of rotatable bonds is 7. The van der Waals surface area contributed by atoms with Gasteiger partial charge in [0.15, 0.2) is 0 Å². The van der Waals surface area contributed by atoms with E-state index in [9.17, 15) is 9.59 Å². The van der Waals surface area contributed by atoms with E-state index in [-0.39, 0.29) is 11.8 Å². The first-order valence-corrected chi connectivity index (χ1v) is 8.25. The van der Waals surface area contributed by atoms with Crippen LogP contribution in [-0.4, -0.2) is 35.9 Å². The number of aromatic nitrogens is 1. The summed E-state index contributed by atoms with van der Waals surface area (Å²) < 4.78 is 0. The van der Waals surface area contributed by atoms with Crippen LogP contribution in [0, 0.1) is 5.92 Å². The molecule has 0 aliphatic heterocycles. The maximum atomic E-state index is 12.3. The Morgan fingerprint density at radius 1 is 1.21 bits per heavy atom. The third-order valence-electron chi connectivity index (χ3n) is 4.04. The molecule has 0 spiro atoms. The SMILES string of the molecule is CNC(=O)[C@H](Cc1c[nH]c2ccccc12)NC(=O)[C@@H](N)CC(C)C. The molecule has 0 saturated carbocycles. The fourth-order valence-corrected chi connectivity index (χ4v) is 2.80. The van der Waals surface area contributed by atoms with Crippen LogP contribution in [0.25, 0.3) is 10.9 Å². The summed E-state index contributed by atoms with van der Waals surface area (Å²) in [4.78, 5) is 27.6. The van der Waals surface area contributed by atoms with Crippen molar-refractivity contribution in [1.29, 1.82) is 0 Å². The van der Waals surface area contributed by atoms with Crippen molar-refractivity contribution in [1.82, 2.24) is 15.6 Å². The fraction of sp³-hybridized carbons (Fsp3) is 0.444. The Bertz CT molecular complexity index is 708. The van der Waals surface area contributed by atoms with Gasteiger partial charge in [-0.2, -0.15) is 0 Å². The Balaban J connectivity index is 2.14. The van der Waals surface area contributed by atoms with Gasteiger partial charge >= 0.3 is 0 Å². The lowest BCUT2D eigenvalue weighted by Gasteiger charge is -2.20. The zero-order valence-electron chi connectivity index (χ0n) is 14.4. The van der Waals surface area contributed by atoms with E-state index in [0.717, 1.165) is 16.5 Å². The van der Waals surface area contributed by atoms with Gasteiger partial charge in [-0.15, -0.1) is 0 Å². The molecule has 2 aromatic rings. The smallest absolute Gasteiger partial charge is 0.242 e. The minimum Gasteiger partial charge on any atom is -0.361 e. The number of H-pyrrole nitrogens is 1. The van der Waals surface area contributed by atoms with E-state index in [1.807, 2.05) is 44.3 Å². The van der Waals surface area contributed by atoms with Gasteiger partial charge in [-0.3, -0.25) is 9.59 Å². The normalized spacial score (nSPS) is 13.7. The van der Waals surface area contributed by atoms with Crippen LogP contribution in [-0.2, 0) is 16.0 Å².